The maximum Gasteiger partial charge on any atom is 0.252 e. The Kier molecular flexibility index (Phi) is 10.2. The van der Waals surface area contributed by atoms with Gasteiger partial charge in [-0.15, -0.1) is 0 Å². The van der Waals surface area contributed by atoms with Gasteiger partial charge in [-0.25, -0.2) is 0 Å². The standard InChI is InChI=1S/C93H81BN4/c1-91(2,3)58-61-50-74(64-30-14-10-15-31-64)89(75(51-61)65-32-16-11-17-33-65)97-84-56-68(95-80-42-26-22-38-70(80)71-39-23-27-43-81(71)95)46-48-78(84)94-79-49-47-69(96-82-44-28-24-40-72(82)73-41-25-29-45-83(73)96)57-85(79)98(87-55-63(60-93(7,8)9)54-86(97)88(87)94)90-76(66-34-18-12-19-35-66)52-62(59-92(4,5)6)53-77(90)67-36-20-13-21-37-67/h10-57H,58-60H2,1-9H3/i22D,23D,24D,25D,26D,27D,28D,29D,38D,39D,40D,41D,42D,43D,44D,45D,58D2,59D2. The summed E-state index contributed by atoms with van der Waals surface area (Å²) in [6.07, 6.45) is -3.55. The Morgan fingerprint density at radius 1 is 0.327 bits per heavy atom. The third-order valence-corrected chi connectivity index (χ3v) is 18.5. The van der Waals surface area contributed by atoms with Gasteiger partial charge in [-0.1, -0.05) is 268 Å². The van der Waals surface area contributed by atoms with Crippen LogP contribution in [0.1, 0.15) is 106 Å². The van der Waals surface area contributed by atoms with Crippen molar-refractivity contribution in [1.29, 1.82) is 0 Å². The fourth-order valence-electron chi connectivity index (χ4n) is 15.0. The molecule has 98 heavy (non-hydrogen) atoms. The fourth-order valence-corrected chi connectivity index (χ4v) is 15.0. The molecular formula is C93H81BN4. The molecule has 476 valence electrons. The van der Waals surface area contributed by atoms with E-state index in [2.05, 4.69) is 42.7 Å². The summed E-state index contributed by atoms with van der Waals surface area (Å²) in [5.41, 5.74) is 9.88. The first-order valence-corrected chi connectivity index (χ1v) is 33.3. The summed E-state index contributed by atoms with van der Waals surface area (Å²) in [7, 11) is 0. The minimum Gasteiger partial charge on any atom is -0.310 e. The number of fused-ring (bicyclic) bond motifs is 10. The molecule has 13 aromatic carbocycles. The first kappa shape index (κ1) is 42.6. The molecule has 2 aliphatic rings. The summed E-state index contributed by atoms with van der Waals surface area (Å²) >= 11 is 0. The summed E-state index contributed by atoms with van der Waals surface area (Å²) < 4.78 is 195. The van der Waals surface area contributed by atoms with Gasteiger partial charge in [0.05, 0.1) is 55.4 Å². The van der Waals surface area contributed by atoms with Crippen molar-refractivity contribution < 1.29 is 27.4 Å². The monoisotopic (exact) mass is 1280 g/mol. The van der Waals surface area contributed by atoms with Crippen LogP contribution in [-0.4, -0.2) is 15.8 Å². The van der Waals surface area contributed by atoms with Gasteiger partial charge >= 0.3 is 0 Å². The largest absolute Gasteiger partial charge is 0.310 e. The van der Waals surface area contributed by atoms with Crippen LogP contribution in [-0.2, 0) is 19.2 Å². The number of benzene rings is 13. The summed E-state index contributed by atoms with van der Waals surface area (Å²) in [6, 6.07) is 53.5. The molecule has 4 nitrogen and oxygen atoms in total. The molecule has 0 spiro atoms. The molecule has 0 bridgehead atoms. The van der Waals surface area contributed by atoms with E-state index in [0.717, 1.165) is 11.0 Å². The molecule has 0 amide bonds. The van der Waals surface area contributed by atoms with Crippen molar-refractivity contribution >= 4 is 101 Å². The third-order valence-electron chi connectivity index (χ3n) is 18.5. The molecule has 0 saturated carbocycles. The SMILES string of the molecule is [2H]c1c([2H])c([2H])c2c(c1[2H])c1c([2H])c([2H])c([2H])c([2H])c1n2-c1ccc2c(c1)N(c1c(-c3ccccc3)cc(C([2H])([2H])C(C)(C)C)cc1-c1ccccc1)c1cc(CC(C)(C)C)cc3c1B2c1ccc(-n2c4c([2H])c([2H])c([2H])c([2H])c4c4c([2H])c([2H])c([2H])c([2H])c42)cc1N3c1c(-c2ccccc2)cc(C([2H])([2H])C(C)(C)C)cc1-c1ccccc1. The van der Waals surface area contributed by atoms with Gasteiger partial charge in [0.2, 0.25) is 0 Å². The van der Waals surface area contributed by atoms with Gasteiger partial charge in [-0.2, -0.15) is 0 Å². The van der Waals surface area contributed by atoms with E-state index >= 15 is 0 Å². The minimum absolute atomic E-state index is 0.106. The molecule has 0 fully saturated rings. The van der Waals surface area contributed by atoms with Gasteiger partial charge in [-0.05, 0) is 176 Å². The second-order valence-corrected chi connectivity index (χ2v) is 29.0. The summed E-state index contributed by atoms with van der Waals surface area (Å²) in [6.45, 7) is 16.8. The van der Waals surface area contributed by atoms with Crippen LogP contribution < -0.4 is 26.2 Å². The van der Waals surface area contributed by atoms with Gasteiger partial charge in [0.25, 0.3) is 6.71 Å². The maximum atomic E-state index is 10.2. The number of hydrogen-bond acceptors (Lipinski definition) is 2. The van der Waals surface area contributed by atoms with E-state index in [0.29, 0.717) is 107 Å². The van der Waals surface area contributed by atoms with E-state index in [9.17, 15) is 21.9 Å². The van der Waals surface area contributed by atoms with Crippen molar-refractivity contribution in [1.82, 2.24) is 9.13 Å². The molecule has 17 rings (SSSR count). The van der Waals surface area contributed by atoms with Crippen LogP contribution in [0, 0.1) is 16.2 Å². The highest BCUT2D eigenvalue weighted by atomic mass is 15.2. The van der Waals surface area contributed by atoms with Crippen molar-refractivity contribution in [3.63, 3.8) is 0 Å². The number of para-hydroxylation sites is 4. The van der Waals surface area contributed by atoms with Crippen molar-refractivity contribution in [2.24, 2.45) is 16.2 Å². The molecule has 4 heterocycles. The predicted molar refractivity (Wildman–Crippen MR) is 420 cm³/mol. The molecule has 2 aliphatic heterocycles. The molecular weight excluding hydrogens is 1180 g/mol. The van der Waals surface area contributed by atoms with Crippen LogP contribution >= 0.6 is 0 Å². The van der Waals surface area contributed by atoms with Crippen LogP contribution in [0.5, 0.6) is 0 Å². The topological polar surface area (TPSA) is 16.3 Å². The van der Waals surface area contributed by atoms with Crippen LogP contribution in [0.3, 0.4) is 0 Å². The van der Waals surface area contributed by atoms with Gasteiger partial charge in [0.15, 0.2) is 0 Å². The Morgan fingerprint density at radius 3 is 0.929 bits per heavy atom. The third kappa shape index (κ3) is 10.6. The van der Waals surface area contributed by atoms with Crippen LogP contribution in [0.2, 0.25) is 0 Å². The second-order valence-electron chi connectivity index (χ2n) is 29.0. The second kappa shape index (κ2) is 23.5. The van der Waals surface area contributed by atoms with Crippen LogP contribution in [0.25, 0.3) is 99.5 Å². The van der Waals surface area contributed by atoms with E-state index in [-0.39, 0.29) is 55.0 Å². The number of anilines is 6. The molecule has 5 heteroatoms. The lowest BCUT2D eigenvalue weighted by Crippen LogP contribution is -2.61. The van der Waals surface area contributed by atoms with E-state index in [1.54, 1.807) is 12.1 Å². The Labute approximate surface area is 605 Å². The predicted octanol–water partition coefficient (Wildman–Crippen LogP) is 23.4. The molecule has 2 aromatic heterocycles. The molecule has 0 saturated heterocycles. The molecule has 0 N–H and O–H groups in total. The van der Waals surface area contributed by atoms with Gasteiger partial charge in [0, 0.05) is 83.4 Å². The Morgan fingerprint density at radius 2 is 0.633 bits per heavy atom. The van der Waals surface area contributed by atoms with Crippen molar-refractivity contribution in [3.05, 3.63) is 307 Å². The van der Waals surface area contributed by atoms with E-state index in [1.165, 1.54) is 9.13 Å². The lowest BCUT2D eigenvalue weighted by atomic mass is 9.33. The van der Waals surface area contributed by atoms with E-state index in [4.69, 9.17) is 5.48 Å². The van der Waals surface area contributed by atoms with Crippen LogP contribution in [0.15, 0.2) is 291 Å². The highest BCUT2D eigenvalue weighted by Crippen LogP contribution is 2.55. The first-order valence-electron chi connectivity index (χ1n) is 43.3. The lowest BCUT2D eigenvalue weighted by molar-refractivity contribution is 0.411. The van der Waals surface area contributed by atoms with E-state index in [1.807, 2.05) is 211 Å². The fraction of sp³-hybridized carbons (Fsp3) is 0.161. The van der Waals surface area contributed by atoms with E-state index < -0.39 is 132 Å². The van der Waals surface area contributed by atoms with Crippen molar-refractivity contribution in [3.8, 4) is 55.9 Å². The number of nitrogens with zero attached hydrogens (tertiary/aromatic N) is 4. The summed E-state index contributed by atoms with van der Waals surface area (Å²) in [5.74, 6) is 0. The number of rotatable bonds is 11. The summed E-state index contributed by atoms with van der Waals surface area (Å²) in [4.78, 5) is 4.40. The quantitative estimate of drug-likeness (QED) is 0.120. The highest BCUT2D eigenvalue weighted by molar-refractivity contribution is 7.00. The highest BCUT2D eigenvalue weighted by Gasteiger charge is 2.46. The van der Waals surface area contributed by atoms with Crippen molar-refractivity contribution in [2.75, 3.05) is 9.80 Å². The molecule has 15 aromatic rings. The molecule has 0 atom stereocenters. The smallest absolute Gasteiger partial charge is 0.252 e. The van der Waals surface area contributed by atoms with Crippen LogP contribution in [0.4, 0.5) is 34.1 Å². The van der Waals surface area contributed by atoms with Gasteiger partial charge in [0.1, 0.15) is 0 Å². The Balaban J connectivity index is 1.12. The van der Waals surface area contributed by atoms with Crippen molar-refractivity contribution in [2.45, 2.75) is 81.5 Å². The zero-order valence-electron chi connectivity index (χ0n) is 76.0. The molecule has 0 aliphatic carbocycles. The van der Waals surface area contributed by atoms with Gasteiger partial charge < -0.3 is 18.9 Å². The lowest BCUT2D eigenvalue weighted by Gasteiger charge is -2.46. The Hall–Kier alpha value is -10.9. The number of aromatic nitrogens is 2. The average molecular weight is 1290 g/mol. The zero-order valence-corrected chi connectivity index (χ0v) is 56.0. The summed E-state index contributed by atoms with van der Waals surface area (Å²) in [5, 5.41) is -0.483. The zero-order chi connectivity index (χ0) is 84.3. The average Bonchev–Trinajstić information content (AvgIpc) is 1.17. The molecule has 0 unspecified atom stereocenters. The van der Waals surface area contributed by atoms with Gasteiger partial charge in [-0.3, -0.25) is 0 Å². The number of hydrogen-bond donors (Lipinski definition) is 0. The molecule has 0 radical (unpaired) electrons. The normalized spacial score (nSPS) is 16.2. The minimum atomic E-state index is -1.99. The Bertz CT molecular complexity index is 6130. The maximum absolute atomic E-state index is 10.2. The first-order chi connectivity index (χ1) is 55.7.